The van der Waals surface area contributed by atoms with Crippen LogP contribution in [0.3, 0.4) is 0 Å². The molecule has 1 fully saturated rings. The SMILES string of the molecule is Cc1ccc(Cl)cc1C(NN)C1CC(C)(C)OC1(C)C. The summed E-state index contributed by atoms with van der Waals surface area (Å²) < 4.78 is 6.19. The molecule has 0 bridgehead atoms. The summed E-state index contributed by atoms with van der Waals surface area (Å²) in [5.74, 6) is 6.16. The fourth-order valence-corrected chi connectivity index (χ4v) is 3.67. The lowest BCUT2D eigenvalue weighted by Gasteiger charge is -2.33. The molecule has 1 aromatic carbocycles. The van der Waals surface area contributed by atoms with E-state index in [0.29, 0.717) is 5.92 Å². The van der Waals surface area contributed by atoms with Gasteiger partial charge in [0.1, 0.15) is 0 Å². The molecule has 0 spiro atoms. The van der Waals surface area contributed by atoms with E-state index >= 15 is 0 Å². The number of hydrazine groups is 1. The van der Waals surface area contributed by atoms with Crippen LogP contribution in [0.2, 0.25) is 5.02 Å². The molecule has 0 aromatic heterocycles. The van der Waals surface area contributed by atoms with E-state index in [1.54, 1.807) is 0 Å². The molecule has 1 saturated heterocycles. The molecule has 1 aliphatic heterocycles. The lowest BCUT2D eigenvalue weighted by atomic mass is 9.78. The summed E-state index contributed by atoms with van der Waals surface area (Å²) in [6.07, 6.45) is 0.959. The molecule has 1 heterocycles. The van der Waals surface area contributed by atoms with Crippen LogP contribution in [-0.4, -0.2) is 11.2 Å². The van der Waals surface area contributed by atoms with E-state index in [-0.39, 0.29) is 17.2 Å². The zero-order valence-corrected chi connectivity index (χ0v) is 13.7. The zero-order chi connectivity index (χ0) is 15.1. The van der Waals surface area contributed by atoms with E-state index in [1.807, 2.05) is 18.2 Å². The van der Waals surface area contributed by atoms with Gasteiger partial charge in [-0.25, -0.2) is 0 Å². The van der Waals surface area contributed by atoms with Gasteiger partial charge in [0.25, 0.3) is 0 Å². The van der Waals surface area contributed by atoms with E-state index in [0.717, 1.165) is 17.0 Å². The number of benzene rings is 1. The summed E-state index contributed by atoms with van der Waals surface area (Å²) in [5.41, 5.74) is 4.97. The summed E-state index contributed by atoms with van der Waals surface area (Å²) in [7, 11) is 0. The highest BCUT2D eigenvalue weighted by atomic mass is 35.5. The van der Waals surface area contributed by atoms with Crippen molar-refractivity contribution in [2.24, 2.45) is 11.8 Å². The first-order valence-electron chi connectivity index (χ1n) is 7.09. The van der Waals surface area contributed by atoms with Gasteiger partial charge in [0.15, 0.2) is 0 Å². The highest BCUT2D eigenvalue weighted by Gasteiger charge is 2.49. The number of nitrogens with one attached hydrogen (secondary N) is 1. The molecule has 20 heavy (non-hydrogen) atoms. The maximum Gasteiger partial charge on any atom is 0.0681 e. The van der Waals surface area contributed by atoms with Gasteiger partial charge in [-0.15, -0.1) is 0 Å². The Kier molecular flexibility index (Phi) is 4.18. The van der Waals surface area contributed by atoms with Gasteiger partial charge in [0.05, 0.1) is 17.2 Å². The number of nitrogens with two attached hydrogens (primary N) is 1. The van der Waals surface area contributed by atoms with Gasteiger partial charge >= 0.3 is 0 Å². The number of hydrogen-bond acceptors (Lipinski definition) is 3. The Hall–Kier alpha value is -0.610. The van der Waals surface area contributed by atoms with Crippen molar-refractivity contribution >= 4 is 11.6 Å². The molecular formula is C16H25ClN2O. The van der Waals surface area contributed by atoms with Crippen molar-refractivity contribution in [3.05, 3.63) is 34.3 Å². The molecule has 0 amide bonds. The molecule has 0 saturated carbocycles. The number of rotatable bonds is 3. The first-order chi connectivity index (χ1) is 9.16. The average molecular weight is 297 g/mol. The number of halogens is 1. The van der Waals surface area contributed by atoms with Crippen molar-refractivity contribution < 1.29 is 4.74 Å². The van der Waals surface area contributed by atoms with Crippen LogP contribution in [0, 0.1) is 12.8 Å². The second-order valence-corrected chi connectivity index (χ2v) is 7.36. The van der Waals surface area contributed by atoms with E-state index in [1.165, 1.54) is 5.56 Å². The van der Waals surface area contributed by atoms with Crippen LogP contribution in [0.25, 0.3) is 0 Å². The number of ether oxygens (including phenoxy) is 1. The van der Waals surface area contributed by atoms with Gasteiger partial charge in [-0.05, 0) is 64.3 Å². The monoisotopic (exact) mass is 296 g/mol. The Balaban J connectivity index is 2.40. The Morgan fingerprint density at radius 3 is 2.50 bits per heavy atom. The van der Waals surface area contributed by atoms with Crippen LogP contribution in [0.15, 0.2) is 18.2 Å². The molecule has 0 aliphatic carbocycles. The predicted molar refractivity (Wildman–Crippen MR) is 83.6 cm³/mol. The summed E-state index contributed by atoms with van der Waals surface area (Å²) in [4.78, 5) is 0. The van der Waals surface area contributed by atoms with Crippen LogP contribution < -0.4 is 11.3 Å². The molecule has 3 N–H and O–H groups in total. The van der Waals surface area contributed by atoms with Crippen LogP contribution >= 0.6 is 11.6 Å². The average Bonchev–Trinajstić information content (AvgIpc) is 2.53. The van der Waals surface area contributed by atoms with E-state index < -0.39 is 0 Å². The fourth-order valence-electron chi connectivity index (χ4n) is 3.49. The predicted octanol–water partition coefficient (Wildman–Crippen LogP) is 3.75. The van der Waals surface area contributed by atoms with Crippen molar-refractivity contribution in [1.82, 2.24) is 5.43 Å². The molecule has 0 radical (unpaired) electrons. The van der Waals surface area contributed by atoms with Crippen LogP contribution in [0.4, 0.5) is 0 Å². The van der Waals surface area contributed by atoms with Gasteiger partial charge in [-0.1, -0.05) is 17.7 Å². The first-order valence-corrected chi connectivity index (χ1v) is 7.46. The fraction of sp³-hybridized carbons (Fsp3) is 0.625. The quantitative estimate of drug-likeness (QED) is 0.660. The molecule has 4 heteroatoms. The van der Waals surface area contributed by atoms with Gasteiger partial charge in [-0.3, -0.25) is 11.3 Å². The lowest BCUT2D eigenvalue weighted by Crippen LogP contribution is -2.41. The topological polar surface area (TPSA) is 47.3 Å². The summed E-state index contributed by atoms with van der Waals surface area (Å²) in [6.45, 7) is 10.6. The van der Waals surface area contributed by atoms with Gasteiger partial charge in [-0.2, -0.15) is 0 Å². The number of hydrogen-bond donors (Lipinski definition) is 2. The van der Waals surface area contributed by atoms with Crippen molar-refractivity contribution in [1.29, 1.82) is 0 Å². The summed E-state index contributed by atoms with van der Waals surface area (Å²) >= 11 is 6.15. The Morgan fingerprint density at radius 1 is 1.35 bits per heavy atom. The maximum atomic E-state index is 6.19. The molecule has 1 aliphatic rings. The second-order valence-electron chi connectivity index (χ2n) is 6.92. The Labute approximate surface area is 126 Å². The van der Waals surface area contributed by atoms with Gasteiger partial charge in [0.2, 0.25) is 0 Å². The minimum atomic E-state index is -0.227. The molecule has 1 aromatic rings. The summed E-state index contributed by atoms with van der Waals surface area (Å²) in [6, 6.07) is 5.98. The lowest BCUT2D eigenvalue weighted by molar-refractivity contribution is -0.0779. The standard InChI is InChI=1S/C16H25ClN2O/c1-10-6-7-11(17)8-12(10)14(19-18)13-9-15(2,3)20-16(13,4)5/h6-8,13-14,19H,9,18H2,1-5H3. The second kappa shape index (κ2) is 5.30. The van der Waals surface area contributed by atoms with Gasteiger partial charge in [0, 0.05) is 10.9 Å². The minimum absolute atomic E-state index is 0.0328. The third kappa shape index (κ3) is 3.01. The molecular weight excluding hydrogens is 272 g/mol. The van der Waals surface area contributed by atoms with E-state index in [9.17, 15) is 0 Å². The molecule has 2 atom stereocenters. The van der Waals surface area contributed by atoms with Crippen LogP contribution in [-0.2, 0) is 4.74 Å². The maximum absolute atomic E-state index is 6.19. The van der Waals surface area contributed by atoms with Crippen molar-refractivity contribution in [3.8, 4) is 0 Å². The minimum Gasteiger partial charge on any atom is -0.369 e. The largest absolute Gasteiger partial charge is 0.369 e. The molecule has 2 unspecified atom stereocenters. The van der Waals surface area contributed by atoms with Crippen molar-refractivity contribution in [3.63, 3.8) is 0 Å². The summed E-state index contributed by atoms with van der Waals surface area (Å²) in [5, 5.41) is 0.738. The molecule has 112 valence electrons. The van der Waals surface area contributed by atoms with E-state index in [2.05, 4.69) is 40.0 Å². The van der Waals surface area contributed by atoms with Crippen LogP contribution in [0.1, 0.15) is 51.3 Å². The molecule has 3 nitrogen and oxygen atoms in total. The third-order valence-corrected chi connectivity index (χ3v) is 4.54. The van der Waals surface area contributed by atoms with E-state index in [4.69, 9.17) is 22.2 Å². The van der Waals surface area contributed by atoms with Crippen molar-refractivity contribution in [2.45, 2.75) is 58.3 Å². The highest BCUT2D eigenvalue weighted by molar-refractivity contribution is 6.30. The molecule has 2 rings (SSSR count). The first kappa shape index (κ1) is 15.8. The Bertz CT molecular complexity index is 499. The van der Waals surface area contributed by atoms with Crippen LogP contribution in [0.5, 0.6) is 0 Å². The van der Waals surface area contributed by atoms with Gasteiger partial charge < -0.3 is 4.74 Å². The Morgan fingerprint density at radius 2 is 2.00 bits per heavy atom. The highest BCUT2D eigenvalue weighted by Crippen LogP contribution is 2.48. The zero-order valence-electron chi connectivity index (χ0n) is 13.0. The smallest absolute Gasteiger partial charge is 0.0681 e. The number of aryl methyl sites for hydroxylation is 1. The third-order valence-electron chi connectivity index (χ3n) is 4.30. The normalized spacial score (nSPS) is 25.6. The van der Waals surface area contributed by atoms with Crippen molar-refractivity contribution in [2.75, 3.05) is 0 Å².